The average molecular weight is 290 g/mol. The minimum absolute atomic E-state index is 0. The van der Waals surface area contributed by atoms with Crippen LogP contribution in [0.25, 0.3) is 0 Å². The Balaban J connectivity index is 0. The van der Waals surface area contributed by atoms with Crippen molar-refractivity contribution in [2.45, 2.75) is 0 Å². The van der Waals surface area contributed by atoms with Crippen molar-refractivity contribution in [1.82, 2.24) is 0 Å². The first-order valence-corrected chi connectivity index (χ1v) is 0. The summed E-state index contributed by atoms with van der Waals surface area (Å²) in [6, 6.07) is 0. The van der Waals surface area contributed by atoms with Gasteiger partial charge in [-0.2, -0.15) is 0 Å². The first kappa shape index (κ1) is 39.5. The summed E-state index contributed by atoms with van der Waals surface area (Å²) in [6.07, 6.45) is 0. The monoisotopic (exact) mass is 290 g/mol. The van der Waals surface area contributed by atoms with E-state index in [2.05, 4.69) is 0 Å². The Morgan fingerprint density at radius 2 is 1.20 bits per heavy atom. The maximum Gasteiger partial charge on any atom is 0 e. The van der Waals surface area contributed by atoms with E-state index in [0.717, 1.165) is 0 Å². The molecule has 0 aliphatic heterocycles. The zero-order valence-corrected chi connectivity index (χ0v) is 12.6. The van der Waals surface area contributed by atoms with Gasteiger partial charge in [-0.15, -0.1) is 0 Å². The summed E-state index contributed by atoms with van der Waals surface area (Å²) in [5, 5.41) is 0. The third kappa shape index (κ3) is 18.6. The van der Waals surface area contributed by atoms with Crippen LogP contribution in [-0.2, 0) is 41.2 Å². The molecule has 5 heavy (non-hydrogen) atoms. The maximum absolute atomic E-state index is 0. The standard InChI is InChI=1S/Al.Mg.Sn.Ti.Zn.7H/q;+2;;;;;;;;;2*-1. The van der Waals surface area contributed by atoms with Crippen LogP contribution < -0.4 is 0 Å². The SMILES string of the molecule is [AlH3].[H-].[H-].[Mg+2].[SnH2].[Ti].[Zn]. The summed E-state index contributed by atoms with van der Waals surface area (Å²) in [4.78, 5) is 0. The van der Waals surface area contributed by atoms with Crippen LogP contribution in [-0.4, -0.2) is 64.3 Å². The molecule has 22 valence electrons. The summed E-state index contributed by atoms with van der Waals surface area (Å²) < 4.78 is 0. The van der Waals surface area contributed by atoms with E-state index in [4.69, 9.17) is 0 Å². The van der Waals surface area contributed by atoms with Gasteiger partial charge in [0.05, 0.1) is 0 Å². The molecule has 0 nitrogen and oxygen atoms in total. The van der Waals surface area contributed by atoms with Gasteiger partial charge in [0.25, 0.3) is 0 Å². The van der Waals surface area contributed by atoms with E-state index in [1.165, 1.54) is 0 Å². The van der Waals surface area contributed by atoms with Crippen LogP contribution in [0, 0.1) is 0 Å². The number of hydrogen-bond acceptors (Lipinski definition) is 0. The molecule has 0 aliphatic carbocycles. The molecule has 0 unspecified atom stereocenters. The molecule has 0 N–H and O–H groups in total. The van der Waals surface area contributed by atoms with Crippen LogP contribution in [0.15, 0.2) is 0 Å². The van der Waals surface area contributed by atoms with E-state index in [0.29, 0.717) is 0 Å². The normalized spacial score (nSPS) is 0. The molecule has 0 fully saturated rings. The predicted molar refractivity (Wildman–Crippen MR) is 26.5 cm³/mol. The van der Waals surface area contributed by atoms with Gasteiger partial charge < -0.3 is 2.85 Å². The molecule has 0 amide bonds. The fourth-order valence-electron chi connectivity index (χ4n) is 0. The van der Waals surface area contributed by atoms with E-state index in [1.54, 1.807) is 0 Å². The molecule has 0 bridgehead atoms. The van der Waals surface area contributed by atoms with Crippen molar-refractivity contribution in [2.75, 3.05) is 0 Å². The molecule has 0 saturated heterocycles. The van der Waals surface area contributed by atoms with Gasteiger partial charge in [0.1, 0.15) is 0 Å². The minimum Gasteiger partial charge on any atom is 0 e. The zero-order valence-electron chi connectivity index (χ0n) is 4.62. The van der Waals surface area contributed by atoms with Crippen LogP contribution in [0.3, 0.4) is 0 Å². The van der Waals surface area contributed by atoms with E-state index < -0.39 is 0 Å². The number of hydrogen-bond donors (Lipinski definition) is 0. The molecular weight excluding hydrogens is 283 g/mol. The van der Waals surface area contributed by atoms with Gasteiger partial charge in [-0.05, 0) is 0 Å². The van der Waals surface area contributed by atoms with E-state index in [1.807, 2.05) is 0 Å². The summed E-state index contributed by atoms with van der Waals surface area (Å²) in [7, 11) is 0. The van der Waals surface area contributed by atoms with Crippen LogP contribution in [0.2, 0.25) is 0 Å². The Kier molecular flexibility index (Phi) is 206. The van der Waals surface area contributed by atoms with Crippen LogP contribution in [0.1, 0.15) is 2.85 Å². The van der Waals surface area contributed by atoms with Crippen LogP contribution in [0.5, 0.6) is 0 Å². The van der Waals surface area contributed by atoms with Crippen LogP contribution in [0.4, 0.5) is 0 Å². The molecule has 0 heterocycles. The van der Waals surface area contributed by atoms with Crippen molar-refractivity contribution >= 4 is 64.3 Å². The second-order valence-corrected chi connectivity index (χ2v) is 0. The van der Waals surface area contributed by atoms with Crippen molar-refractivity contribution in [1.29, 1.82) is 0 Å². The van der Waals surface area contributed by atoms with Crippen molar-refractivity contribution in [3.8, 4) is 0 Å². The first-order valence-electron chi connectivity index (χ1n) is 0. The summed E-state index contributed by atoms with van der Waals surface area (Å²) in [6.45, 7) is 0. The zero-order chi connectivity index (χ0) is 0. The average Bonchev–Trinajstić information content (AvgIpc) is 0. The molecule has 2 radical (unpaired) electrons. The molecule has 0 atom stereocenters. The summed E-state index contributed by atoms with van der Waals surface area (Å²) in [5.41, 5.74) is 0. The van der Waals surface area contributed by atoms with Crippen LogP contribution >= 0.6 is 0 Å². The molecule has 0 aromatic carbocycles. The Morgan fingerprint density at radius 1 is 1.20 bits per heavy atom. The van der Waals surface area contributed by atoms with Crippen molar-refractivity contribution in [3.05, 3.63) is 0 Å². The fraction of sp³-hybridized carbons (Fsp3) is 0. The first-order chi connectivity index (χ1) is 0. The van der Waals surface area contributed by atoms with Gasteiger partial charge in [0.2, 0.25) is 0 Å². The van der Waals surface area contributed by atoms with Gasteiger partial charge in [0, 0.05) is 41.2 Å². The van der Waals surface area contributed by atoms with Gasteiger partial charge >= 0.3 is 47.0 Å². The van der Waals surface area contributed by atoms with Crippen molar-refractivity contribution in [3.63, 3.8) is 0 Å². The molecule has 5 heteroatoms. The maximum atomic E-state index is 0. The minimum atomic E-state index is 0. The molecule has 0 saturated carbocycles. The fourth-order valence-corrected chi connectivity index (χ4v) is 0. The molecule has 0 aromatic rings. The van der Waals surface area contributed by atoms with Gasteiger partial charge in [-0.25, -0.2) is 0 Å². The smallest absolute Gasteiger partial charge is 0 e. The van der Waals surface area contributed by atoms with Gasteiger partial charge in [-0.1, -0.05) is 0 Å². The molecule has 0 aromatic heterocycles. The Bertz CT molecular complexity index is 17.7. The van der Waals surface area contributed by atoms with E-state index in [9.17, 15) is 0 Å². The summed E-state index contributed by atoms with van der Waals surface area (Å²) in [5.74, 6) is 0. The predicted octanol–water partition coefficient (Wildman–Crippen LogP) is -2.26. The van der Waals surface area contributed by atoms with E-state index >= 15 is 0 Å². The van der Waals surface area contributed by atoms with Crippen molar-refractivity contribution in [2.24, 2.45) is 0 Å². The Hall–Kier alpha value is 3.44. The number of rotatable bonds is 0. The molecule has 0 aliphatic rings. The quantitative estimate of drug-likeness (QED) is 0.442. The van der Waals surface area contributed by atoms with Gasteiger partial charge in [0.15, 0.2) is 17.4 Å². The Labute approximate surface area is 106 Å². The molecular formula is H7AlMgSnTiZn. The largest absolute Gasteiger partial charge is 0 e. The van der Waals surface area contributed by atoms with E-state index in [-0.39, 0.29) is 108 Å². The molecule has 0 spiro atoms. The second kappa shape index (κ2) is 26.1. The van der Waals surface area contributed by atoms with Gasteiger partial charge in [-0.3, -0.25) is 0 Å². The summed E-state index contributed by atoms with van der Waals surface area (Å²) >= 11 is 0. The Morgan fingerprint density at radius 3 is 1.20 bits per heavy atom. The topological polar surface area (TPSA) is 0 Å². The molecule has 0 rings (SSSR count). The van der Waals surface area contributed by atoms with Crippen molar-refractivity contribution < 1.29 is 44.0 Å². The third-order valence-corrected chi connectivity index (χ3v) is 0. The second-order valence-electron chi connectivity index (χ2n) is 0. The third-order valence-electron chi connectivity index (χ3n) is 0.